The fraction of sp³-hybridized carbons (Fsp3) is 0.250. The topological polar surface area (TPSA) is 111 Å². The van der Waals surface area contributed by atoms with Crippen molar-refractivity contribution in [3.8, 4) is 10.6 Å². The monoisotopic (exact) mass is 347 g/mol. The highest BCUT2D eigenvalue weighted by Gasteiger charge is 2.28. The van der Waals surface area contributed by atoms with Gasteiger partial charge in [-0.25, -0.2) is 14.6 Å². The van der Waals surface area contributed by atoms with Crippen LogP contribution in [0.15, 0.2) is 35.7 Å². The number of carbonyl (C=O) groups is 3. The quantitative estimate of drug-likeness (QED) is 0.805. The highest BCUT2D eigenvalue weighted by atomic mass is 32.1. The Labute approximate surface area is 142 Å². The second kappa shape index (κ2) is 7.69. The lowest BCUT2D eigenvalue weighted by atomic mass is 10.1. The van der Waals surface area contributed by atoms with Crippen molar-refractivity contribution in [2.24, 2.45) is 11.7 Å². The fourth-order valence-corrected chi connectivity index (χ4v) is 2.74. The number of hydrogen-bond donors (Lipinski definition) is 2. The fourth-order valence-electron chi connectivity index (χ4n) is 1.94. The molecule has 0 fully saturated rings. The molecule has 0 aliphatic rings. The number of amides is 3. The molecule has 0 unspecified atom stereocenters. The summed E-state index contributed by atoms with van der Waals surface area (Å²) in [6.45, 7) is 3.38. The van der Waals surface area contributed by atoms with Gasteiger partial charge in [-0.2, -0.15) is 0 Å². The molecule has 2 aromatic rings. The maximum absolute atomic E-state index is 12.2. The molecule has 1 aromatic carbocycles. The van der Waals surface area contributed by atoms with Gasteiger partial charge in [-0.15, -0.1) is 11.3 Å². The van der Waals surface area contributed by atoms with E-state index in [-0.39, 0.29) is 11.6 Å². The van der Waals surface area contributed by atoms with E-state index < -0.39 is 24.0 Å². The number of benzene rings is 1. The van der Waals surface area contributed by atoms with Crippen LogP contribution in [-0.2, 0) is 9.53 Å². The molecule has 0 aliphatic heterocycles. The van der Waals surface area contributed by atoms with Gasteiger partial charge in [-0.05, 0) is 5.92 Å². The summed E-state index contributed by atoms with van der Waals surface area (Å²) in [4.78, 5) is 39.1. The zero-order valence-electron chi connectivity index (χ0n) is 13.2. The number of rotatable bonds is 5. The number of aromatic nitrogens is 1. The van der Waals surface area contributed by atoms with Crippen molar-refractivity contribution in [2.75, 3.05) is 0 Å². The molecule has 1 atom stereocenters. The molecule has 126 valence electrons. The van der Waals surface area contributed by atoms with Crippen LogP contribution in [-0.4, -0.2) is 29.0 Å². The first-order valence-electron chi connectivity index (χ1n) is 7.20. The molecule has 7 nitrogen and oxygen atoms in total. The number of nitrogens with two attached hydrogens (primary N) is 1. The number of primary amides is 1. The van der Waals surface area contributed by atoms with E-state index in [4.69, 9.17) is 10.5 Å². The lowest BCUT2D eigenvalue weighted by Crippen LogP contribution is -2.45. The number of ether oxygens (including phenoxy) is 1. The van der Waals surface area contributed by atoms with E-state index in [1.807, 2.05) is 35.6 Å². The minimum Gasteiger partial charge on any atom is -0.447 e. The van der Waals surface area contributed by atoms with Gasteiger partial charge in [0.1, 0.15) is 5.01 Å². The molecule has 8 heteroatoms. The van der Waals surface area contributed by atoms with Crippen LogP contribution in [0.1, 0.15) is 24.3 Å². The minimum atomic E-state index is -1.13. The molecule has 3 N–H and O–H groups in total. The van der Waals surface area contributed by atoms with E-state index in [0.717, 1.165) is 5.56 Å². The lowest BCUT2D eigenvalue weighted by molar-refractivity contribution is -0.130. The Balaban J connectivity index is 2.12. The number of hydrogen-bond acceptors (Lipinski definition) is 6. The molecule has 0 saturated carbocycles. The van der Waals surface area contributed by atoms with Crippen molar-refractivity contribution in [3.63, 3.8) is 0 Å². The average Bonchev–Trinajstić information content (AvgIpc) is 3.02. The summed E-state index contributed by atoms with van der Waals surface area (Å²) in [5, 5.41) is 4.15. The van der Waals surface area contributed by atoms with Crippen LogP contribution < -0.4 is 11.1 Å². The van der Waals surface area contributed by atoms with Gasteiger partial charge < -0.3 is 10.5 Å². The third kappa shape index (κ3) is 4.39. The molecular formula is C16H17N3O4S. The maximum Gasteiger partial charge on any atom is 0.358 e. The van der Waals surface area contributed by atoms with Crippen molar-refractivity contribution in [3.05, 3.63) is 41.4 Å². The molecule has 0 bridgehead atoms. The number of nitrogens with zero attached hydrogens (tertiary/aromatic N) is 1. The summed E-state index contributed by atoms with van der Waals surface area (Å²) in [6.07, 6.45) is -1.13. The van der Waals surface area contributed by atoms with E-state index in [9.17, 15) is 14.4 Å². The Morgan fingerprint density at radius 3 is 2.46 bits per heavy atom. The van der Waals surface area contributed by atoms with Gasteiger partial charge in [0, 0.05) is 10.9 Å². The third-order valence-corrected chi connectivity index (χ3v) is 3.97. The van der Waals surface area contributed by atoms with Gasteiger partial charge in [0.2, 0.25) is 0 Å². The Morgan fingerprint density at radius 2 is 1.88 bits per heavy atom. The molecule has 1 heterocycles. The maximum atomic E-state index is 12.2. The molecular weight excluding hydrogens is 330 g/mol. The number of carbonyl (C=O) groups excluding carboxylic acids is 3. The standard InChI is InChI=1S/C16H17N3O4S/c1-9(2)12(13(20)19-16(17)22)23-15(21)11-8-24-14(18-11)10-6-4-3-5-7-10/h3-9,12H,1-2H3,(H3,17,19,20,22)/t12-/m0/s1. The van der Waals surface area contributed by atoms with Crippen molar-refractivity contribution < 1.29 is 19.1 Å². The molecule has 0 saturated heterocycles. The van der Waals surface area contributed by atoms with Gasteiger partial charge in [0.05, 0.1) is 0 Å². The number of imide groups is 1. The van der Waals surface area contributed by atoms with Crippen LogP contribution >= 0.6 is 11.3 Å². The Hall–Kier alpha value is -2.74. The normalized spacial score (nSPS) is 11.8. The molecule has 0 spiro atoms. The Kier molecular flexibility index (Phi) is 5.64. The van der Waals surface area contributed by atoms with E-state index in [2.05, 4.69) is 4.98 Å². The summed E-state index contributed by atoms with van der Waals surface area (Å²) in [7, 11) is 0. The van der Waals surface area contributed by atoms with Crippen LogP contribution in [0.5, 0.6) is 0 Å². The summed E-state index contributed by atoms with van der Waals surface area (Å²) >= 11 is 1.30. The highest BCUT2D eigenvalue weighted by Crippen LogP contribution is 2.24. The SMILES string of the molecule is CC(C)[C@H](OC(=O)c1csc(-c2ccccc2)n1)C(=O)NC(N)=O. The molecule has 2 rings (SSSR count). The predicted octanol–water partition coefficient (Wildman–Crippen LogP) is 2.19. The first-order chi connectivity index (χ1) is 11.4. The van der Waals surface area contributed by atoms with Crippen LogP contribution in [0.2, 0.25) is 0 Å². The number of esters is 1. The van der Waals surface area contributed by atoms with Gasteiger partial charge in [-0.3, -0.25) is 10.1 Å². The molecule has 1 aromatic heterocycles. The zero-order valence-corrected chi connectivity index (χ0v) is 14.0. The first kappa shape index (κ1) is 17.6. The summed E-state index contributed by atoms with van der Waals surface area (Å²) < 4.78 is 5.20. The Bertz CT molecular complexity index is 743. The van der Waals surface area contributed by atoms with Gasteiger partial charge >= 0.3 is 12.0 Å². The van der Waals surface area contributed by atoms with Crippen molar-refractivity contribution in [2.45, 2.75) is 20.0 Å². The van der Waals surface area contributed by atoms with Gasteiger partial charge in [-0.1, -0.05) is 44.2 Å². The molecule has 3 amide bonds. The number of urea groups is 1. The zero-order chi connectivity index (χ0) is 17.7. The predicted molar refractivity (Wildman–Crippen MR) is 89.3 cm³/mol. The molecule has 0 radical (unpaired) electrons. The number of nitrogens with one attached hydrogen (secondary N) is 1. The van der Waals surface area contributed by atoms with Crippen LogP contribution in [0, 0.1) is 5.92 Å². The first-order valence-corrected chi connectivity index (χ1v) is 8.08. The van der Waals surface area contributed by atoms with E-state index in [1.165, 1.54) is 11.3 Å². The van der Waals surface area contributed by atoms with Crippen molar-refractivity contribution in [1.82, 2.24) is 10.3 Å². The second-order valence-electron chi connectivity index (χ2n) is 5.33. The van der Waals surface area contributed by atoms with Crippen molar-refractivity contribution >= 4 is 29.2 Å². The number of thiazole rings is 1. The second-order valence-corrected chi connectivity index (χ2v) is 6.19. The van der Waals surface area contributed by atoms with Crippen LogP contribution in [0.25, 0.3) is 10.6 Å². The van der Waals surface area contributed by atoms with Gasteiger partial charge in [0.15, 0.2) is 11.8 Å². The minimum absolute atomic E-state index is 0.108. The molecule has 0 aliphatic carbocycles. The Morgan fingerprint density at radius 1 is 1.21 bits per heavy atom. The van der Waals surface area contributed by atoms with Crippen LogP contribution in [0.4, 0.5) is 4.79 Å². The van der Waals surface area contributed by atoms with E-state index in [0.29, 0.717) is 5.01 Å². The molecule has 24 heavy (non-hydrogen) atoms. The lowest BCUT2D eigenvalue weighted by Gasteiger charge is -2.19. The van der Waals surface area contributed by atoms with Crippen molar-refractivity contribution in [1.29, 1.82) is 0 Å². The van der Waals surface area contributed by atoms with Gasteiger partial charge in [0.25, 0.3) is 5.91 Å². The highest BCUT2D eigenvalue weighted by molar-refractivity contribution is 7.13. The third-order valence-electron chi connectivity index (χ3n) is 3.08. The van der Waals surface area contributed by atoms with Crippen LogP contribution in [0.3, 0.4) is 0 Å². The smallest absolute Gasteiger partial charge is 0.358 e. The van der Waals surface area contributed by atoms with E-state index >= 15 is 0 Å². The van der Waals surface area contributed by atoms with E-state index in [1.54, 1.807) is 19.2 Å². The largest absolute Gasteiger partial charge is 0.447 e. The summed E-state index contributed by atoms with van der Waals surface area (Å²) in [5.74, 6) is -1.82. The summed E-state index contributed by atoms with van der Waals surface area (Å²) in [5.41, 5.74) is 5.91. The average molecular weight is 347 g/mol. The summed E-state index contributed by atoms with van der Waals surface area (Å²) in [6, 6.07) is 8.39.